The molecule has 2 heterocycles. The Bertz CT molecular complexity index is 855. The highest BCUT2D eigenvalue weighted by atomic mass is 16.5. The average molecular weight is 321 g/mol. The van der Waals surface area contributed by atoms with Crippen LogP contribution in [0, 0.1) is 11.8 Å². The van der Waals surface area contributed by atoms with E-state index in [1.807, 2.05) is 47.3 Å². The van der Waals surface area contributed by atoms with Crippen LogP contribution in [-0.4, -0.2) is 26.0 Å². The molecular weight excluding hydrogens is 302 g/mol. The van der Waals surface area contributed by atoms with Crippen LogP contribution in [0.2, 0.25) is 0 Å². The van der Waals surface area contributed by atoms with E-state index in [-0.39, 0.29) is 0 Å². The van der Waals surface area contributed by atoms with Gasteiger partial charge in [0.05, 0.1) is 5.69 Å². The van der Waals surface area contributed by atoms with Crippen molar-refractivity contribution in [2.24, 2.45) is 17.6 Å². The minimum atomic E-state index is 0.353. The van der Waals surface area contributed by atoms with E-state index in [1.165, 1.54) is 0 Å². The Labute approximate surface area is 139 Å². The molecular formula is C18H19N5O. The summed E-state index contributed by atoms with van der Waals surface area (Å²) in [6.07, 6.45) is 5.25. The van der Waals surface area contributed by atoms with Crippen molar-refractivity contribution < 1.29 is 4.52 Å². The lowest BCUT2D eigenvalue weighted by molar-refractivity contribution is 0.173. The fourth-order valence-electron chi connectivity index (χ4n) is 4.16. The molecule has 6 heteroatoms. The first kappa shape index (κ1) is 13.9. The van der Waals surface area contributed by atoms with E-state index in [4.69, 9.17) is 10.3 Å². The van der Waals surface area contributed by atoms with Crippen molar-refractivity contribution in [1.82, 2.24) is 19.9 Å². The first-order valence-electron chi connectivity index (χ1n) is 8.48. The Morgan fingerprint density at radius 3 is 2.75 bits per heavy atom. The maximum absolute atomic E-state index is 6.08. The first-order chi connectivity index (χ1) is 11.8. The molecule has 2 saturated carbocycles. The molecule has 0 saturated heterocycles. The van der Waals surface area contributed by atoms with Crippen LogP contribution in [0.1, 0.15) is 31.1 Å². The molecule has 3 aromatic rings. The summed E-state index contributed by atoms with van der Waals surface area (Å²) in [4.78, 5) is 4.60. The second-order valence-corrected chi connectivity index (χ2v) is 6.93. The number of rotatable bonds is 3. The summed E-state index contributed by atoms with van der Waals surface area (Å²) in [7, 11) is 0. The van der Waals surface area contributed by atoms with Gasteiger partial charge >= 0.3 is 0 Å². The van der Waals surface area contributed by atoms with Gasteiger partial charge in [0, 0.05) is 18.2 Å². The number of hydrogen-bond donors (Lipinski definition) is 1. The van der Waals surface area contributed by atoms with Crippen molar-refractivity contribution in [2.75, 3.05) is 0 Å². The van der Waals surface area contributed by atoms with Crippen molar-refractivity contribution in [3.05, 3.63) is 48.5 Å². The molecule has 0 amide bonds. The van der Waals surface area contributed by atoms with Gasteiger partial charge in [-0.25, -0.2) is 4.68 Å². The maximum Gasteiger partial charge on any atom is 0.230 e. The molecule has 1 aromatic carbocycles. The van der Waals surface area contributed by atoms with Crippen LogP contribution in [-0.2, 0) is 0 Å². The zero-order valence-corrected chi connectivity index (χ0v) is 13.2. The summed E-state index contributed by atoms with van der Waals surface area (Å²) < 4.78 is 7.35. The minimum absolute atomic E-state index is 0.353. The zero-order valence-electron chi connectivity index (χ0n) is 13.2. The number of nitrogens with zero attached hydrogens (tertiary/aromatic N) is 4. The Morgan fingerprint density at radius 1 is 1.08 bits per heavy atom. The van der Waals surface area contributed by atoms with Crippen molar-refractivity contribution >= 4 is 0 Å². The second kappa shape index (κ2) is 5.27. The quantitative estimate of drug-likeness (QED) is 0.802. The van der Waals surface area contributed by atoms with E-state index in [2.05, 4.69) is 15.2 Å². The van der Waals surface area contributed by atoms with Gasteiger partial charge < -0.3 is 10.3 Å². The summed E-state index contributed by atoms with van der Waals surface area (Å²) in [5.41, 5.74) is 7.82. The fraction of sp³-hybridized carbons (Fsp3) is 0.389. The molecule has 2 aliphatic carbocycles. The third-order valence-electron chi connectivity index (χ3n) is 5.50. The molecule has 4 atom stereocenters. The summed E-state index contributed by atoms with van der Waals surface area (Å²) in [5.74, 6) is 3.04. The number of benzene rings is 1. The molecule has 24 heavy (non-hydrogen) atoms. The lowest BCUT2D eigenvalue weighted by atomic mass is 9.72. The molecule has 6 nitrogen and oxygen atoms in total. The van der Waals surface area contributed by atoms with E-state index < -0.39 is 0 Å². The molecule has 2 N–H and O–H groups in total. The summed E-state index contributed by atoms with van der Waals surface area (Å²) in [6.45, 7) is 0. The fourth-order valence-corrected chi connectivity index (χ4v) is 4.16. The van der Waals surface area contributed by atoms with Gasteiger partial charge in [0.15, 0.2) is 0 Å². The molecule has 0 radical (unpaired) electrons. The van der Waals surface area contributed by atoms with E-state index >= 15 is 0 Å². The highest BCUT2D eigenvalue weighted by Crippen LogP contribution is 2.52. The van der Waals surface area contributed by atoms with Gasteiger partial charge in [-0.2, -0.15) is 10.1 Å². The van der Waals surface area contributed by atoms with Crippen LogP contribution in [0.4, 0.5) is 0 Å². The standard InChI is InChI=1S/C18H19N5O/c19-15-10-11-8-12(9-14(11)15)18-20-17(22-24-18)16-6-7-23(21-16)13-4-2-1-3-5-13/h1-7,11-12,14-15H,8-10,19H2. The van der Waals surface area contributed by atoms with Crippen LogP contribution >= 0.6 is 0 Å². The van der Waals surface area contributed by atoms with E-state index in [0.29, 0.717) is 23.7 Å². The number of aromatic nitrogens is 4. The van der Waals surface area contributed by atoms with Gasteiger partial charge in [0.25, 0.3) is 0 Å². The van der Waals surface area contributed by atoms with Gasteiger partial charge in [-0.15, -0.1) is 0 Å². The molecule has 2 aliphatic rings. The Morgan fingerprint density at radius 2 is 1.96 bits per heavy atom. The Kier molecular flexibility index (Phi) is 3.06. The van der Waals surface area contributed by atoms with Gasteiger partial charge in [-0.05, 0) is 49.3 Å². The SMILES string of the molecule is NC1CC2CC(c3nc(-c4ccn(-c5ccccc5)n4)no3)CC12. The molecule has 0 spiro atoms. The predicted molar refractivity (Wildman–Crippen MR) is 88.4 cm³/mol. The number of nitrogens with two attached hydrogens (primary N) is 1. The molecule has 2 fully saturated rings. The van der Waals surface area contributed by atoms with Crippen molar-refractivity contribution in [1.29, 1.82) is 0 Å². The van der Waals surface area contributed by atoms with Gasteiger partial charge in [-0.1, -0.05) is 23.4 Å². The number of fused-ring (bicyclic) bond motifs is 1. The molecule has 0 aliphatic heterocycles. The largest absolute Gasteiger partial charge is 0.339 e. The normalized spacial score (nSPS) is 28.5. The number of hydrogen-bond acceptors (Lipinski definition) is 5. The van der Waals surface area contributed by atoms with E-state index in [9.17, 15) is 0 Å². The topological polar surface area (TPSA) is 82.8 Å². The van der Waals surface area contributed by atoms with E-state index in [1.54, 1.807) is 0 Å². The zero-order chi connectivity index (χ0) is 16.1. The maximum atomic E-state index is 6.08. The third kappa shape index (κ3) is 2.17. The van der Waals surface area contributed by atoms with Gasteiger partial charge in [0.2, 0.25) is 11.7 Å². The molecule has 122 valence electrons. The smallest absolute Gasteiger partial charge is 0.230 e. The van der Waals surface area contributed by atoms with E-state index in [0.717, 1.165) is 42.5 Å². The Balaban J connectivity index is 1.37. The molecule has 2 aromatic heterocycles. The monoisotopic (exact) mass is 321 g/mol. The first-order valence-corrected chi connectivity index (χ1v) is 8.48. The van der Waals surface area contributed by atoms with Gasteiger partial charge in [-0.3, -0.25) is 0 Å². The lowest BCUT2D eigenvalue weighted by Crippen LogP contribution is -2.44. The summed E-state index contributed by atoms with van der Waals surface area (Å²) in [5, 5.41) is 8.69. The second-order valence-electron chi connectivity index (χ2n) is 6.93. The van der Waals surface area contributed by atoms with Crippen LogP contribution < -0.4 is 5.73 Å². The van der Waals surface area contributed by atoms with Crippen molar-refractivity contribution in [2.45, 2.75) is 31.2 Å². The highest BCUT2D eigenvalue weighted by Gasteiger charge is 2.47. The average Bonchev–Trinajstić information content (AvgIpc) is 3.32. The molecule has 5 rings (SSSR count). The van der Waals surface area contributed by atoms with Crippen molar-refractivity contribution in [3.63, 3.8) is 0 Å². The van der Waals surface area contributed by atoms with Crippen LogP contribution in [0.25, 0.3) is 17.2 Å². The molecule has 4 unspecified atom stereocenters. The van der Waals surface area contributed by atoms with Crippen LogP contribution in [0.5, 0.6) is 0 Å². The highest BCUT2D eigenvalue weighted by molar-refractivity contribution is 5.48. The summed E-state index contributed by atoms with van der Waals surface area (Å²) in [6, 6.07) is 12.3. The third-order valence-corrected chi connectivity index (χ3v) is 5.50. The van der Waals surface area contributed by atoms with Crippen molar-refractivity contribution in [3.8, 4) is 17.2 Å². The minimum Gasteiger partial charge on any atom is -0.339 e. The molecule has 0 bridgehead atoms. The number of para-hydroxylation sites is 1. The Hall–Kier alpha value is -2.47. The lowest BCUT2D eigenvalue weighted by Gasteiger charge is -2.37. The van der Waals surface area contributed by atoms with Gasteiger partial charge in [0.1, 0.15) is 5.69 Å². The van der Waals surface area contributed by atoms with Crippen LogP contribution in [0.15, 0.2) is 47.1 Å². The van der Waals surface area contributed by atoms with Crippen LogP contribution in [0.3, 0.4) is 0 Å². The summed E-state index contributed by atoms with van der Waals surface area (Å²) >= 11 is 0. The predicted octanol–water partition coefficient (Wildman–Crippen LogP) is 2.76.